The van der Waals surface area contributed by atoms with Crippen LogP contribution in [0.25, 0.3) is 0 Å². The van der Waals surface area contributed by atoms with Gasteiger partial charge in [0.2, 0.25) is 5.91 Å². The highest BCUT2D eigenvalue weighted by Crippen LogP contribution is 2.38. The predicted octanol–water partition coefficient (Wildman–Crippen LogP) is 3.44. The topological polar surface area (TPSA) is 58.6 Å². The van der Waals surface area contributed by atoms with E-state index < -0.39 is 0 Å². The van der Waals surface area contributed by atoms with Crippen molar-refractivity contribution >= 4 is 23.6 Å². The maximum absolute atomic E-state index is 13.0. The average Bonchev–Trinajstić information content (AvgIpc) is 3.17. The molecule has 2 aromatic rings. The summed E-state index contributed by atoms with van der Waals surface area (Å²) in [5, 5.41) is 3.08. The highest BCUT2D eigenvalue weighted by Gasteiger charge is 2.33. The molecule has 2 amide bonds. The van der Waals surface area contributed by atoms with Crippen molar-refractivity contribution in [2.45, 2.75) is 42.4 Å². The Balaban J connectivity index is 1.29. The second-order valence-electron chi connectivity index (χ2n) is 7.73. The summed E-state index contributed by atoms with van der Waals surface area (Å²) in [4.78, 5) is 28.7. The van der Waals surface area contributed by atoms with Gasteiger partial charge in [-0.15, -0.1) is 11.8 Å². The third-order valence-electron chi connectivity index (χ3n) is 5.65. The predicted molar refractivity (Wildman–Crippen MR) is 115 cm³/mol. The minimum atomic E-state index is -0.0918. The zero-order chi connectivity index (χ0) is 20.4. The van der Waals surface area contributed by atoms with E-state index in [1.165, 1.54) is 16.0 Å². The van der Waals surface area contributed by atoms with Gasteiger partial charge in [0.1, 0.15) is 5.75 Å². The Morgan fingerprint density at radius 2 is 1.93 bits per heavy atom. The third-order valence-corrected chi connectivity index (χ3v) is 6.93. The maximum atomic E-state index is 13.0. The summed E-state index contributed by atoms with van der Waals surface area (Å²) in [7, 11) is 1.59. The van der Waals surface area contributed by atoms with Crippen LogP contribution in [0.4, 0.5) is 0 Å². The first-order valence-electron chi connectivity index (χ1n) is 10.0. The molecule has 0 aromatic heterocycles. The number of nitrogens with one attached hydrogen (secondary N) is 1. The molecule has 1 N–H and O–H groups in total. The summed E-state index contributed by atoms with van der Waals surface area (Å²) in [5.41, 5.74) is 3.11. The fraction of sp³-hybridized carbons (Fsp3) is 0.391. The first-order valence-corrected chi connectivity index (χ1v) is 10.9. The van der Waals surface area contributed by atoms with E-state index >= 15 is 0 Å². The first kappa shape index (κ1) is 19.8. The van der Waals surface area contributed by atoms with Gasteiger partial charge in [0.15, 0.2) is 0 Å². The number of aryl methyl sites for hydroxylation is 1. The van der Waals surface area contributed by atoms with Gasteiger partial charge in [0.05, 0.1) is 12.4 Å². The lowest BCUT2D eigenvalue weighted by molar-refractivity contribution is -0.131. The lowest BCUT2D eigenvalue weighted by atomic mass is 10.0. The van der Waals surface area contributed by atoms with Crippen LogP contribution >= 0.6 is 11.8 Å². The normalized spacial score (nSPS) is 19.0. The molecule has 4 rings (SSSR count). The van der Waals surface area contributed by atoms with Gasteiger partial charge in [0.25, 0.3) is 5.91 Å². The molecule has 152 valence electrons. The molecule has 2 aromatic carbocycles. The minimum absolute atomic E-state index is 0.0188. The number of thioether (sulfide) groups is 1. The first-order chi connectivity index (χ1) is 14.0. The van der Waals surface area contributed by atoms with Crippen LogP contribution in [0.5, 0.6) is 5.75 Å². The van der Waals surface area contributed by atoms with E-state index in [1.807, 2.05) is 17.0 Å². The summed E-state index contributed by atoms with van der Waals surface area (Å²) in [6.45, 7) is 3.46. The molecule has 1 saturated heterocycles. The van der Waals surface area contributed by atoms with Gasteiger partial charge in [-0.1, -0.05) is 23.8 Å². The number of hydrogen-bond acceptors (Lipinski definition) is 4. The standard InChI is InChI=1S/C23H26N2O3S/c1-15-6-7-16-14-21(29-20(16)12-15)23(27)25-10-8-18(9-11-25)24-22(26)17-4-3-5-19(13-17)28-2/h3-7,12-13,18,21H,8-11,14H2,1-2H3,(H,24,26). The Morgan fingerprint density at radius 3 is 2.69 bits per heavy atom. The SMILES string of the molecule is COc1cccc(C(=O)NC2CCN(C(=O)C3Cc4ccc(C)cc4S3)CC2)c1. The summed E-state index contributed by atoms with van der Waals surface area (Å²) in [6, 6.07) is 13.7. The molecule has 2 aliphatic rings. The molecule has 1 fully saturated rings. The molecule has 0 aliphatic carbocycles. The zero-order valence-electron chi connectivity index (χ0n) is 16.8. The number of hydrogen-bond donors (Lipinski definition) is 1. The van der Waals surface area contributed by atoms with Gasteiger partial charge in [-0.05, 0) is 56.0 Å². The zero-order valence-corrected chi connectivity index (χ0v) is 17.6. The summed E-state index contributed by atoms with van der Waals surface area (Å²) in [5.74, 6) is 0.801. The van der Waals surface area contributed by atoms with Crippen molar-refractivity contribution in [3.8, 4) is 5.75 Å². The summed E-state index contributed by atoms with van der Waals surface area (Å²) < 4.78 is 5.19. The van der Waals surface area contributed by atoms with Crippen molar-refractivity contribution in [1.29, 1.82) is 0 Å². The molecule has 5 nitrogen and oxygen atoms in total. The number of likely N-dealkylation sites (tertiary alicyclic amines) is 1. The molecule has 0 spiro atoms. The van der Waals surface area contributed by atoms with Crippen molar-refractivity contribution < 1.29 is 14.3 Å². The fourth-order valence-corrected chi connectivity index (χ4v) is 5.33. The maximum Gasteiger partial charge on any atom is 0.251 e. The van der Waals surface area contributed by atoms with E-state index in [4.69, 9.17) is 4.74 Å². The van der Waals surface area contributed by atoms with E-state index in [9.17, 15) is 9.59 Å². The highest BCUT2D eigenvalue weighted by molar-refractivity contribution is 8.01. The molecule has 6 heteroatoms. The van der Waals surface area contributed by atoms with Crippen molar-refractivity contribution in [1.82, 2.24) is 10.2 Å². The second-order valence-corrected chi connectivity index (χ2v) is 8.97. The number of ether oxygens (including phenoxy) is 1. The fourth-order valence-electron chi connectivity index (χ4n) is 3.95. The lowest BCUT2D eigenvalue weighted by Crippen LogP contribution is -2.48. The molecule has 0 bridgehead atoms. The Bertz CT molecular complexity index is 922. The number of rotatable bonds is 4. The van der Waals surface area contributed by atoms with Crippen molar-refractivity contribution in [2.24, 2.45) is 0 Å². The molecule has 29 heavy (non-hydrogen) atoms. The van der Waals surface area contributed by atoms with Crippen molar-refractivity contribution in [3.05, 3.63) is 59.2 Å². The largest absolute Gasteiger partial charge is 0.497 e. The molecule has 1 unspecified atom stereocenters. The van der Waals surface area contributed by atoms with Crippen LogP contribution in [0.15, 0.2) is 47.4 Å². The molecular weight excluding hydrogens is 384 g/mol. The number of methoxy groups -OCH3 is 1. The van der Waals surface area contributed by atoms with E-state index in [2.05, 4.69) is 30.4 Å². The Kier molecular flexibility index (Phi) is 5.81. The van der Waals surface area contributed by atoms with E-state index in [0.29, 0.717) is 24.4 Å². The summed E-state index contributed by atoms with van der Waals surface area (Å²) in [6.07, 6.45) is 2.38. The molecular formula is C23H26N2O3S. The van der Waals surface area contributed by atoms with Crippen LogP contribution in [0, 0.1) is 6.92 Å². The van der Waals surface area contributed by atoms with Crippen LogP contribution in [-0.4, -0.2) is 48.2 Å². The third kappa shape index (κ3) is 4.42. The number of nitrogens with zero attached hydrogens (tertiary/aromatic N) is 1. The van der Waals surface area contributed by atoms with E-state index in [0.717, 1.165) is 19.3 Å². The van der Waals surface area contributed by atoms with Crippen LogP contribution in [0.3, 0.4) is 0 Å². The summed E-state index contributed by atoms with van der Waals surface area (Å²) >= 11 is 1.69. The van der Waals surface area contributed by atoms with E-state index in [1.54, 1.807) is 31.0 Å². The minimum Gasteiger partial charge on any atom is -0.497 e. The molecule has 2 heterocycles. The smallest absolute Gasteiger partial charge is 0.251 e. The number of piperidine rings is 1. The second kappa shape index (κ2) is 8.49. The highest BCUT2D eigenvalue weighted by atomic mass is 32.2. The number of benzene rings is 2. The number of fused-ring (bicyclic) bond motifs is 1. The van der Waals surface area contributed by atoms with Crippen LogP contribution in [0.2, 0.25) is 0 Å². The van der Waals surface area contributed by atoms with Crippen LogP contribution < -0.4 is 10.1 Å². The Hall–Kier alpha value is -2.47. The number of carbonyl (C=O) groups excluding carboxylic acids is 2. The molecule has 1 atom stereocenters. The van der Waals surface area contributed by atoms with Gasteiger partial charge >= 0.3 is 0 Å². The number of carbonyl (C=O) groups is 2. The van der Waals surface area contributed by atoms with Crippen molar-refractivity contribution in [2.75, 3.05) is 20.2 Å². The van der Waals surface area contributed by atoms with Gasteiger partial charge in [-0.25, -0.2) is 0 Å². The average molecular weight is 411 g/mol. The van der Waals surface area contributed by atoms with E-state index in [-0.39, 0.29) is 23.1 Å². The monoisotopic (exact) mass is 410 g/mol. The van der Waals surface area contributed by atoms with Gasteiger partial charge in [0, 0.05) is 29.6 Å². The molecule has 0 radical (unpaired) electrons. The van der Waals surface area contributed by atoms with Crippen molar-refractivity contribution in [3.63, 3.8) is 0 Å². The Labute approximate surface area is 175 Å². The molecule has 2 aliphatic heterocycles. The molecule has 0 saturated carbocycles. The van der Waals surface area contributed by atoms with Crippen LogP contribution in [0.1, 0.15) is 34.3 Å². The Morgan fingerprint density at radius 1 is 1.14 bits per heavy atom. The van der Waals surface area contributed by atoms with Gasteiger partial charge in [-0.2, -0.15) is 0 Å². The van der Waals surface area contributed by atoms with Crippen LogP contribution in [-0.2, 0) is 11.2 Å². The lowest BCUT2D eigenvalue weighted by Gasteiger charge is -2.33. The van der Waals surface area contributed by atoms with Gasteiger partial charge < -0.3 is 15.0 Å². The quantitative estimate of drug-likeness (QED) is 0.839. The number of amides is 2. The van der Waals surface area contributed by atoms with Gasteiger partial charge in [-0.3, -0.25) is 9.59 Å².